The third-order valence-corrected chi connectivity index (χ3v) is 1.89. The van der Waals surface area contributed by atoms with Gasteiger partial charge in [-0.05, 0) is 31.2 Å². The molecule has 0 bridgehead atoms. The van der Waals surface area contributed by atoms with Crippen molar-refractivity contribution in [1.29, 1.82) is 0 Å². The first kappa shape index (κ1) is 12.1. The Balaban J connectivity index is 2.66. The highest BCUT2D eigenvalue weighted by Crippen LogP contribution is 2.14. The second-order valence-corrected chi connectivity index (χ2v) is 3.19. The zero-order valence-corrected chi connectivity index (χ0v) is 9.39. The predicted molar refractivity (Wildman–Crippen MR) is 62.6 cm³/mol. The lowest BCUT2D eigenvalue weighted by Gasteiger charge is -2.10. The summed E-state index contributed by atoms with van der Waals surface area (Å²) in [6.07, 6.45) is 3.70. The first-order valence-corrected chi connectivity index (χ1v) is 4.85. The first-order valence-electron chi connectivity index (χ1n) is 4.85. The van der Waals surface area contributed by atoms with Crippen molar-refractivity contribution in [2.45, 2.75) is 6.92 Å². The molecule has 0 aromatic heterocycles. The molecule has 3 nitrogen and oxygen atoms in total. The van der Waals surface area contributed by atoms with Crippen LogP contribution in [-0.4, -0.2) is 11.9 Å². The minimum absolute atomic E-state index is 0.288. The van der Waals surface area contributed by atoms with Crippen LogP contribution in [0, 0.1) is 5.82 Å². The third-order valence-electron chi connectivity index (χ3n) is 1.89. The highest BCUT2D eigenvalue weighted by molar-refractivity contribution is 5.35. The minimum atomic E-state index is -0.288. The molecule has 0 aliphatic rings. The summed E-state index contributed by atoms with van der Waals surface area (Å²) >= 11 is 0. The van der Waals surface area contributed by atoms with Gasteiger partial charge in [-0.2, -0.15) is 0 Å². The summed E-state index contributed by atoms with van der Waals surface area (Å²) in [5, 5.41) is 7.86. The van der Waals surface area contributed by atoms with E-state index in [2.05, 4.69) is 16.8 Å². The van der Waals surface area contributed by atoms with Crippen molar-refractivity contribution in [3.63, 3.8) is 0 Å². The Hall–Kier alpha value is -1.97. The van der Waals surface area contributed by atoms with E-state index < -0.39 is 0 Å². The topological polar surface area (TPSA) is 28.0 Å². The zero-order chi connectivity index (χ0) is 12.0. The summed E-state index contributed by atoms with van der Waals surface area (Å²) in [5.41, 5.74) is 0.594. The van der Waals surface area contributed by atoms with Crippen LogP contribution in [-0.2, 0) is 0 Å². The molecule has 1 aromatic carbocycles. The van der Waals surface area contributed by atoms with E-state index in [-0.39, 0.29) is 5.82 Å². The molecule has 0 spiro atoms. The Kier molecular flexibility index (Phi) is 4.39. The van der Waals surface area contributed by atoms with Crippen molar-refractivity contribution < 1.29 is 4.39 Å². The van der Waals surface area contributed by atoms with Gasteiger partial charge in [-0.25, -0.2) is 4.39 Å². The molecule has 4 heteroatoms. The van der Waals surface area contributed by atoms with Crippen LogP contribution in [0.2, 0.25) is 0 Å². The van der Waals surface area contributed by atoms with Gasteiger partial charge < -0.3 is 4.90 Å². The number of nitrogens with zero attached hydrogens (tertiary/aromatic N) is 3. The van der Waals surface area contributed by atoms with Crippen LogP contribution < -0.4 is 0 Å². The van der Waals surface area contributed by atoms with Gasteiger partial charge in [-0.15, -0.1) is 10.2 Å². The van der Waals surface area contributed by atoms with E-state index in [1.165, 1.54) is 12.1 Å². The molecule has 0 unspecified atom stereocenters. The number of allylic oxidation sites excluding steroid dienone is 1. The maximum absolute atomic E-state index is 12.6. The van der Waals surface area contributed by atoms with Gasteiger partial charge in [0.25, 0.3) is 0 Å². The molecule has 0 N–H and O–H groups in total. The molecular formula is C12H14FN3. The maximum Gasteiger partial charge on any atom is 0.147 e. The molecule has 0 radical (unpaired) electrons. The Bertz CT molecular complexity index is 407. The van der Waals surface area contributed by atoms with Gasteiger partial charge in [-0.1, -0.05) is 12.7 Å². The second-order valence-electron chi connectivity index (χ2n) is 3.19. The van der Waals surface area contributed by atoms with Gasteiger partial charge >= 0.3 is 0 Å². The molecule has 1 aromatic rings. The number of rotatable bonds is 4. The van der Waals surface area contributed by atoms with E-state index in [9.17, 15) is 4.39 Å². The van der Waals surface area contributed by atoms with Crippen molar-refractivity contribution in [3.05, 3.63) is 54.8 Å². The molecule has 0 heterocycles. The van der Waals surface area contributed by atoms with Gasteiger partial charge in [0, 0.05) is 13.2 Å². The van der Waals surface area contributed by atoms with E-state index in [0.717, 1.165) is 0 Å². The highest BCUT2D eigenvalue weighted by atomic mass is 19.1. The van der Waals surface area contributed by atoms with Gasteiger partial charge in [0.2, 0.25) is 0 Å². The molecule has 84 valence electrons. The maximum atomic E-state index is 12.6. The smallest absolute Gasteiger partial charge is 0.147 e. The fourth-order valence-corrected chi connectivity index (χ4v) is 1.00. The number of benzene rings is 1. The molecule has 0 amide bonds. The summed E-state index contributed by atoms with van der Waals surface area (Å²) < 4.78 is 12.6. The summed E-state index contributed by atoms with van der Waals surface area (Å²) in [4.78, 5) is 1.74. The second kappa shape index (κ2) is 5.80. The zero-order valence-electron chi connectivity index (χ0n) is 9.39. The predicted octanol–water partition coefficient (Wildman–Crippen LogP) is 3.85. The third kappa shape index (κ3) is 3.65. The molecule has 0 saturated carbocycles. The summed E-state index contributed by atoms with van der Waals surface area (Å²) in [7, 11) is 1.83. The van der Waals surface area contributed by atoms with Gasteiger partial charge in [0.15, 0.2) is 0 Å². The van der Waals surface area contributed by atoms with Crippen LogP contribution in [0.4, 0.5) is 10.1 Å². The lowest BCUT2D eigenvalue weighted by atomic mass is 10.3. The van der Waals surface area contributed by atoms with Gasteiger partial charge in [0.05, 0.1) is 5.69 Å². The Morgan fingerprint density at radius 1 is 1.38 bits per heavy atom. The van der Waals surface area contributed by atoms with Crippen LogP contribution in [0.1, 0.15) is 6.92 Å². The van der Waals surface area contributed by atoms with Crippen molar-refractivity contribution in [2.75, 3.05) is 7.05 Å². The average molecular weight is 219 g/mol. The van der Waals surface area contributed by atoms with Crippen LogP contribution in [0.15, 0.2) is 59.2 Å². The number of hydrogen-bond donors (Lipinski definition) is 0. The van der Waals surface area contributed by atoms with Crippen molar-refractivity contribution in [1.82, 2.24) is 4.90 Å². The lowest BCUT2D eigenvalue weighted by Crippen LogP contribution is -2.06. The summed E-state index contributed by atoms with van der Waals surface area (Å²) in [6, 6.07) is 5.79. The van der Waals surface area contributed by atoms with Crippen LogP contribution >= 0.6 is 0 Å². The lowest BCUT2D eigenvalue weighted by molar-refractivity contribution is 0.555. The Labute approximate surface area is 94.6 Å². The molecule has 0 fully saturated rings. The standard InChI is InChI=1S/C12H14FN3/c1-4-9-16(3)10(2)14-15-12-7-5-11(13)6-8-12/h4-9H,2H2,1,3H3/b9-4-,15-14?. The molecule has 0 atom stereocenters. The monoisotopic (exact) mass is 219 g/mol. The Morgan fingerprint density at radius 2 is 2.00 bits per heavy atom. The van der Waals surface area contributed by atoms with E-state index in [0.29, 0.717) is 11.5 Å². The Morgan fingerprint density at radius 3 is 2.56 bits per heavy atom. The minimum Gasteiger partial charge on any atom is -0.335 e. The fraction of sp³-hybridized carbons (Fsp3) is 0.167. The van der Waals surface area contributed by atoms with Gasteiger partial charge in [-0.3, -0.25) is 0 Å². The summed E-state index contributed by atoms with van der Waals surface area (Å²) in [6.45, 7) is 5.65. The normalized spacial score (nSPS) is 11.2. The molecular weight excluding hydrogens is 205 g/mol. The average Bonchev–Trinajstić information content (AvgIpc) is 2.28. The first-order chi connectivity index (χ1) is 7.63. The van der Waals surface area contributed by atoms with Crippen molar-refractivity contribution in [2.24, 2.45) is 10.2 Å². The van der Waals surface area contributed by atoms with Crippen LogP contribution in [0.25, 0.3) is 0 Å². The number of azo groups is 1. The van der Waals surface area contributed by atoms with E-state index in [1.54, 1.807) is 17.0 Å². The highest BCUT2D eigenvalue weighted by Gasteiger charge is 1.95. The van der Waals surface area contributed by atoms with Crippen molar-refractivity contribution in [3.8, 4) is 0 Å². The fourth-order valence-electron chi connectivity index (χ4n) is 1.00. The molecule has 0 aliphatic carbocycles. The van der Waals surface area contributed by atoms with E-state index >= 15 is 0 Å². The largest absolute Gasteiger partial charge is 0.335 e. The molecule has 0 saturated heterocycles. The van der Waals surface area contributed by atoms with E-state index in [1.807, 2.05) is 26.2 Å². The summed E-state index contributed by atoms with van der Waals surface area (Å²) in [5.74, 6) is 0.228. The number of halogens is 1. The van der Waals surface area contributed by atoms with Crippen molar-refractivity contribution >= 4 is 5.69 Å². The van der Waals surface area contributed by atoms with Crippen LogP contribution in [0.5, 0.6) is 0 Å². The molecule has 0 aliphatic heterocycles. The SMILES string of the molecule is C=C(N=Nc1ccc(F)cc1)N(C)/C=C\C. The number of hydrogen-bond acceptors (Lipinski definition) is 3. The molecule has 1 rings (SSSR count). The van der Waals surface area contributed by atoms with E-state index in [4.69, 9.17) is 0 Å². The van der Waals surface area contributed by atoms with Gasteiger partial charge in [0.1, 0.15) is 11.6 Å². The van der Waals surface area contributed by atoms with Crippen LogP contribution in [0.3, 0.4) is 0 Å². The quantitative estimate of drug-likeness (QED) is 0.707. The molecule has 16 heavy (non-hydrogen) atoms.